The smallest absolute Gasteiger partial charge is 0.357 e. The third kappa shape index (κ3) is 3.70. The number of benzene rings is 1. The van der Waals surface area contributed by atoms with Crippen molar-refractivity contribution < 1.29 is 23.4 Å². The highest BCUT2D eigenvalue weighted by atomic mass is 19.1. The van der Waals surface area contributed by atoms with Crippen LogP contribution in [0.25, 0.3) is 11.1 Å². The Kier molecular flexibility index (Phi) is 5.52. The molecular weight excluding hydrogens is 337 g/mol. The molecule has 1 atom stereocenters. The maximum absolute atomic E-state index is 14.6. The Hall–Kier alpha value is -2.47. The summed E-state index contributed by atoms with van der Waals surface area (Å²) in [4.78, 5) is 16.5. The lowest BCUT2D eigenvalue weighted by Gasteiger charge is -2.27. The Labute approximate surface area is 152 Å². The molecule has 0 aliphatic carbocycles. The number of hydrogen-bond donors (Lipinski definition) is 0. The number of pyridine rings is 1. The van der Waals surface area contributed by atoms with E-state index in [9.17, 15) is 9.18 Å². The van der Waals surface area contributed by atoms with Crippen LogP contribution >= 0.6 is 0 Å². The molecule has 0 saturated heterocycles. The quantitative estimate of drug-likeness (QED) is 0.762. The number of rotatable bonds is 5. The first-order valence-corrected chi connectivity index (χ1v) is 8.66. The first-order chi connectivity index (χ1) is 12.5. The van der Waals surface area contributed by atoms with Gasteiger partial charge in [-0.15, -0.1) is 0 Å². The van der Waals surface area contributed by atoms with Crippen LogP contribution in [-0.2, 0) is 15.9 Å². The van der Waals surface area contributed by atoms with E-state index in [0.717, 1.165) is 17.5 Å². The first-order valence-electron chi connectivity index (χ1n) is 8.66. The van der Waals surface area contributed by atoms with Crippen LogP contribution in [0.5, 0.6) is 5.88 Å². The molecule has 138 valence electrons. The normalized spacial score (nSPS) is 15.9. The lowest BCUT2D eigenvalue weighted by Crippen LogP contribution is -2.28. The molecule has 1 aliphatic heterocycles. The molecule has 2 heterocycles. The van der Waals surface area contributed by atoms with E-state index in [-0.39, 0.29) is 24.2 Å². The predicted octanol–water partition coefficient (Wildman–Crippen LogP) is 3.71. The number of halogens is 1. The van der Waals surface area contributed by atoms with Gasteiger partial charge in [0.1, 0.15) is 11.9 Å². The summed E-state index contributed by atoms with van der Waals surface area (Å²) in [6, 6.07) is 6.62. The van der Waals surface area contributed by atoms with Gasteiger partial charge in [-0.2, -0.15) is 0 Å². The third-order valence-electron chi connectivity index (χ3n) is 4.33. The van der Waals surface area contributed by atoms with E-state index in [1.807, 2.05) is 13.0 Å². The number of aromatic nitrogens is 1. The van der Waals surface area contributed by atoms with Crippen LogP contribution in [0.15, 0.2) is 24.3 Å². The van der Waals surface area contributed by atoms with Gasteiger partial charge >= 0.3 is 5.97 Å². The molecule has 1 aromatic carbocycles. The molecule has 0 saturated carbocycles. The number of carbonyl (C=O) groups is 1. The summed E-state index contributed by atoms with van der Waals surface area (Å²) in [6.07, 6.45) is 1.26. The molecule has 2 aromatic rings. The van der Waals surface area contributed by atoms with E-state index in [0.29, 0.717) is 30.0 Å². The van der Waals surface area contributed by atoms with Gasteiger partial charge in [0.2, 0.25) is 5.88 Å². The molecule has 1 aromatic heterocycles. The predicted molar refractivity (Wildman–Crippen MR) is 94.9 cm³/mol. The maximum atomic E-state index is 14.6. The van der Waals surface area contributed by atoms with Gasteiger partial charge in [-0.25, -0.2) is 14.2 Å². The molecule has 0 radical (unpaired) electrons. The minimum atomic E-state index is -0.554. The summed E-state index contributed by atoms with van der Waals surface area (Å²) in [5.74, 6) is -0.549. The van der Waals surface area contributed by atoms with Crippen molar-refractivity contribution in [1.29, 1.82) is 0 Å². The van der Waals surface area contributed by atoms with Gasteiger partial charge in [0.25, 0.3) is 0 Å². The van der Waals surface area contributed by atoms with Crippen molar-refractivity contribution in [3.63, 3.8) is 0 Å². The largest absolute Gasteiger partial charge is 0.472 e. The second-order valence-electron chi connectivity index (χ2n) is 6.28. The van der Waals surface area contributed by atoms with E-state index >= 15 is 0 Å². The van der Waals surface area contributed by atoms with Crippen LogP contribution in [0.3, 0.4) is 0 Å². The lowest BCUT2D eigenvalue weighted by molar-refractivity contribution is 0.0506. The molecule has 0 amide bonds. The molecule has 5 nitrogen and oxygen atoms in total. The highest BCUT2D eigenvalue weighted by Gasteiger charge is 2.27. The van der Waals surface area contributed by atoms with Crippen LogP contribution in [0.2, 0.25) is 0 Å². The molecule has 26 heavy (non-hydrogen) atoms. The van der Waals surface area contributed by atoms with Gasteiger partial charge in [0.05, 0.1) is 13.2 Å². The van der Waals surface area contributed by atoms with Crippen molar-refractivity contribution in [1.82, 2.24) is 4.98 Å². The SMILES string of the molecule is CCOC(=O)c1cc(-c2ccc(C)cc2F)c2c(n1)O[C@H](COC)CC2. The average Bonchev–Trinajstić information content (AvgIpc) is 2.61. The first kappa shape index (κ1) is 18.3. The van der Waals surface area contributed by atoms with Crippen LogP contribution in [0, 0.1) is 12.7 Å². The van der Waals surface area contributed by atoms with Crippen molar-refractivity contribution in [2.75, 3.05) is 20.3 Å². The van der Waals surface area contributed by atoms with Gasteiger partial charge < -0.3 is 14.2 Å². The minimum Gasteiger partial charge on any atom is -0.472 e. The maximum Gasteiger partial charge on any atom is 0.357 e. The average molecular weight is 359 g/mol. The number of fused-ring (bicyclic) bond motifs is 1. The van der Waals surface area contributed by atoms with Crippen LogP contribution in [0.1, 0.15) is 35.0 Å². The zero-order chi connectivity index (χ0) is 18.7. The zero-order valence-electron chi connectivity index (χ0n) is 15.2. The van der Waals surface area contributed by atoms with Crippen LogP contribution < -0.4 is 4.74 Å². The van der Waals surface area contributed by atoms with Crippen molar-refractivity contribution >= 4 is 5.97 Å². The van der Waals surface area contributed by atoms with Gasteiger partial charge in [-0.1, -0.05) is 12.1 Å². The van der Waals surface area contributed by atoms with Crippen LogP contribution in [-0.4, -0.2) is 37.4 Å². The Morgan fingerprint density at radius 1 is 1.35 bits per heavy atom. The van der Waals surface area contributed by atoms with Crippen molar-refractivity contribution in [3.8, 4) is 17.0 Å². The highest BCUT2D eigenvalue weighted by molar-refractivity contribution is 5.90. The molecular formula is C20H22FNO4. The summed E-state index contributed by atoms with van der Waals surface area (Å²) < 4.78 is 30.7. The number of hydrogen-bond acceptors (Lipinski definition) is 5. The van der Waals surface area contributed by atoms with Crippen molar-refractivity contribution in [2.45, 2.75) is 32.8 Å². The van der Waals surface area contributed by atoms with Crippen LogP contribution in [0.4, 0.5) is 4.39 Å². The Bertz CT molecular complexity index is 822. The van der Waals surface area contributed by atoms with Gasteiger partial charge in [-0.05, 0) is 49.9 Å². The molecule has 1 aliphatic rings. The van der Waals surface area contributed by atoms with Crippen molar-refractivity contribution in [2.24, 2.45) is 0 Å². The number of ether oxygens (including phenoxy) is 3. The summed E-state index contributed by atoms with van der Waals surface area (Å²) in [5, 5.41) is 0. The molecule has 0 bridgehead atoms. The van der Waals surface area contributed by atoms with E-state index in [1.165, 1.54) is 6.07 Å². The molecule has 0 spiro atoms. The fourth-order valence-electron chi connectivity index (χ4n) is 3.10. The Morgan fingerprint density at radius 2 is 2.15 bits per heavy atom. The second kappa shape index (κ2) is 7.83. The Balaban J connectivity index is 2.11. The minimum absolute atomic E-state index is 0.110. The summed E-state index contributed by atoms with van der Waals surface area (Å²) in [7, 11) is 1.61. The zero-order valence-corrected chi connectivity index (χ0v) is 15.2. The molecule has 0 unspecified atom stereocenters. The number of methoxy groups -OCH3 is 1. The number of aryl methyl sites for hydroxylation is 1. The molecule has 0 N–H and O–H groups in total. The van der Waals surface area contributed by atoms with Gasteiger partial charge in [-0.3, -0.25) is 0 Å². The topological polar surface area (TPSA) is 57.7 Å². The van der Waals surface area contributed by atoms with E-state index in [2.05, 4.69) is 4.98 Å². The standard InChI is InChI=1S/C20H22FNO4/c1-4-25-20(23)18-10-16(14-7-5-12(2)9-17(14)21)15-8-6-13(11-24-3)26-19(15)22-18/h5,7,9-10,13H,4,6,8,11H2,1-3H3/t13-/m0/s1. The molecule has 0 fully saturated rings. The fourth-order valence-corrected chi connectivity index (χ4v) is 3.10. The summed E-state index contributed by atoms with van der Waals surface area (Å²) in [6.45, 7) is 4.22. The molecule has 6 heteroatoms. The second-order valence-corrected chi connectivity index (χ2v) is 6.28. The molecule has 3 rings (SSSR count). The monoisotopic (exact) mass is 359 g/mol. The Morgan fingerprint density at radius 3 is 2.85 bits per heavy atom. The van der Waals surface area contributed by atoms with E-state index in [1.54, 1.807) is 26.2 Å². The highest BCUT2D eigenvalue weighted by Crippen LogP contribution is 2.36. The fraction of sp³-hybridized carbons (Fsp3) is 0.400. The number of carbonyl (C=O) groups excluding carboxylic acids is 1. The summed E-state index contributed by atoms with van der Waals surface area (Å²) in [5.41, 5.74) is 2.78. The summed E-state index contributed by atoms with van der Waals surface area (Å²) >= 11 is 0. The third-order valence-corrected chi connectivity index (χ3v) is 4.33. The van der Waals surface area contributed by atoms with E-state index in [4.69, 9.17) is 14.2 Å². The van der Waals surface area contributed by atoms with Gasteiger partial charge in [0.15, 0.2) is 5.69 Å². The van der Waals surface area contributed by atoms with Crippen molar-refractivity contribution in [3.05, 3.63) is 46.9 Å². The van der Waals surface area contributed by atoms with Gasteiger partial charge in [0, 0.05) is 18.2 Å². The van der Waals surface area contributed by atoms with E-state index < -0.39 is 5.97 Å². The number of nitrogens with zero attached hydrogens (tertiary/aromatic N) is 1. The number of esters is 1. The lowest BCUT2D eigenvalue weighted by atomic mass is 9.93.